The van der Waals surface area contributed by atoms with Gasteiger partial charge < -0.3 is 11.5 Å². The van der Waals surface area contributed by atoms with E-state index in [0.717, 1.165) is 18.5 Å². The molecule has 2 rings (SSSR count). The lowest BCUT2D eigenvalue weighted by Gasteiger charge is -2.09. The molecule has 0 saturated heterocycles. The number of nitrogens with two attached hydrogens (primary N) is 2. The van der Waals surface area contributed by atoms with Crippen LogP contribution in [-0.4, -0.2) is 6.54 Å². The van der Waals surface area contributed by atoms with E-state index in [1.165, 1.54) is 16.3 Å². The zero-order valence-corrected chi connectivity index (χ0v) is 8.74. The molecule has 0 unspecified atom stereocenters. The molecule has 0 spiro atoms. The van der Waals surface area contributed by atoms with Crippen LogP contribution in [0.15, 0.2) is 36.4 Å². The molecule has 0 aliphatic carbocycles. The van der Waals surface area contributed by atoms with E-state index in [0.29, 0.717) is 6.54 Å². The van der Waals surface area contributed by atoms with Crippen molar-refractivity contribution in [3.8, 4) is 0 Å². The van der Waals surface area contributed by atoms with Gasteiger partial charge in [-0.2, -0.15) is 0 Å². The van der Waals surface area contributed by atoms with E-state index in [4.69, 9.17) is 11.5 Å². The van der Waals surface area contributed by atoms with Crippen molar-refractivity contribution >= 4 is 16.5 Å². The molecule has 0 atom stereocenters. The summed E-state index contributed by atoms with van der Waals surface area (Å²) in [5.74, 6) is 0. The molecule has 0 saturated carbocycles. The van der Waals surface area contributed by atoms with Crippen molar-refractivity contribution in [2.45, 2.75) is 12.8 Å². The van der Waals surface area contributed by atoms with Gasteiger partial charge in [-0.1, -0.05) is 30.3 Å². The van der Waals surface area contributed by atoms with Gasteiger partial charge in [0.05, 0.1) is 0 Å². The first-order valence-electron chi connectivity index (χ1n) is 5.29. The van der Waals surface area contributed by atoms with Crippen LogP contribution in [0, 0.1) is 0 Å². The van der Waals surface area contributed by atoms with Crippen molar-refractivity contribution in [3.63, 3.8) is 0 Å². The lowest BCUT2D eigenvalue weighted by Crippen LogP contribution is -2.02. The molecule has 4 N–H and O–H groups in total. The Morgan fingerprint density at radius 2 is 1.80 bits per heavy atom. The van der Waals surface area contributed by atoms with Gasteiger partial charge in [0.2, 0.25) is 0 Å². The monoisotopic (exact) mass is 200 g/mol. The minimum atomic E-state index is 0.711. The standard InChI is InChI=1S/C13H16N2/c14-9-3-6-12-11-5-2-1-4-10(11)7-8-13(12)15/h1-2,4-5,7-8H,3,6,9,14-15H2. The number of nitrogen functional groups attached to an aromatic ring is 1. The van der Waals surface area contributed by atoms with Crippen LogP contribution in [-0.2, 0) is 6.42 Å². The smallest absolute Gasteiger partial charge is 0.0353 e. The molecule has 2 aromatic rings. The van der Waals surface area contributed by atoms with E-state index in [9.17, 15) is 0 Å². The predicted octanol–water partition coefficient (Wildman–Crippen LogP) is 2.31. The molecule has 2 aromatic carbocycles. The molecule has 0 fully saturated rings. The zero-order chi connectivity index (χ0) is 10.7. The summed E-state index contributed by atoms with van der Waals surface area (Å²) < 4.78 is 0. The Kier molecular flexibility index (Phi) is 2.88. The maximum absolute atomic E-state index is 5.99. The number of aryl methyl sites for hydroxylation is 1. The summed E-state index contributed by atoms with van der Waals surface area (Å²) >= 11 is 0. The fourth-order valence-electron chi connectivity index (χ4n) is 1.91. The third-order valence-corrected chi connectivity index (χ3v) is 2.71. The van der Waals surface area contributed by atoms with Gasteiger partial charge in [-0.3, -0.25) is 0 Å². The molecule has 0 aromatic heterocycles. The minimum absolute atomic E-state index is 0.711. The Balaban J connectivity index is 2.53. The number of hydrogen-bond acceptors (Lipinski definition) is 2. The van der Waals surface area contributed by atoms with Gasteiger partial charge in [-0.25, -0.2) is 0 Å². The number of fused-ring (bicyclic) bond motifs is 1. The SMILES string of the molecule is NCCCc1c(N)ccc2ccccc12. The van der Waals surface area contributed by atoms with E-state index in [1.807, 2.05) is 18.2 Å². The van der Waals surface area contributed by atoms with Crippen LogP contribution in [0.2, 0.25) is 0 Å². The predicted molar refractivity (Wildman–Crippen MR) is 65.7 cm³/mol. The van der Waals surface area contributed by atoms with Crippen molar-refractivity contribution in [1.82, 2.24) is 0 Å². The third-order valence-electron chi connectivity index (χ3n) is 2.71. The van der Waals surface area contributed by atoms with Crippen LogP contribution in [0.25, 0.3) is 10.8 Å². The van der Waals surface area contributed by atoms with Crippen LogP contribution in [0.3, 0.4) is 0 Å². The van der Waals surface area contributed by atoms with Gasteiger partial charge in [0.15, 0.2) is 0 Å². The van der Waals surface area contributed by atoms with Gasteiger partial charge >= 0.3 is 0 Å². The summed E-state index contributed by atoms with van der Waals surface area (Å²) in [7, 11) is 0. The van der Waals surface area contributed by atoms with Crippen LogP contribution >= 0.6 is 0 Å². The van der Waals surface area contributed by atoms with Gasteiger partial charge in [-0.15, -0.1) is 0 Å². The molecule has 0 amide bonds. The highest BCUT2D eigenvalue weighted by molar-refractivity contribution is 5.89. The molecule has 0 aliphatic rings. The normalized spacial score (nSPS) is 10.7. The molecule has 0 radical (unpaired) electrons. The Morgan fingerprint density at radius 1 is 1.00 bits per heavy atom. The average Bonchev–Trinajstić information content (AvgIpc) is 2.28. The van der Waals surface area contributed by atoms with Crippen molar-refractivity contribution in [1.29, 1.82) is 0 Å². The second-order valence-corrected chi connectivity index (χ2v) is 3.75. The summed E-state index contributed by atoms with van der Waals surface area (Å²) in [6.45, 7) is 0.711. The lowest BCUT2D eigenvalue weighted by molar-refractivity contribution is 0.838. The molecule has 78 valence electrons. The van der Waals surface area contributed by atoms with Crippen molar-refractivity contribution in [3.05, 3.63) is 42.0 Å². The molecular weight excluding hydrogens is 184 g/mol. The van der Waals surface area contributed by atoms with Gasteiger partial charge in [0, 0.05) is 5.69 Å². The molecule has 15 heavy (non-hydrogen) atoms. The highest BCUT2D eigenvalue weighted by Crippen LogP contribution is 2.25. The zero-order valence-electron chi connectivity index (χ0n) is 8.74. The third kappa shape index (κ3) is 1.95. The van der Waals surface area contributed by atoms with E-state index in [1.54, 1.807) is 0 Å². The topological polar surface area (TPSA) is 52.0 Å². The molecule has 0 heterocycles. The number of anilines is 1. The number of rotatable bonds is 3. The van der Waals surface area contributed by atoms with Crippen molar-refractivity contribution < 1.29 is 0 Å². The Hall–Kier alpha value is -1.54. The van der Waals surface area contributed by atoms with E-state index >= 15 is 0 Å². The second kappa shape index (κ2) is 4.32. The highest BCUT2D eigenvalue weighted by atomic mass is 14.6. The second-order valence-electron chi connectivity index (χ2n) is 3.75. The molecule has 2 heteroatoms. The molecule has 0 bridgehead atoms. The van der Waals surface area contributed by atoms with E-state index in [-0.39, 0.29) is 0 Å². The fraction of sp³-hybridized carbons (Fsp3) is 0.231. The maximum atomic E-state index is 5.99. The molecule has 0 aliphatic heterocycles. The van der Waals surface area contributed by atoms with Crippen LogP contribution < -0.4 is 11.5 Å². The molecular formula is C13H16N2. The quantitative estimate of drug-likeness (QED) is 0.747. The van der Waals surface area contributed by atoms with Crippen molar-refractivity contribution in [2.75, 3.05) is 12.3 Å². The Labute approximate surface area is 89.9 Å². The largest absolute Gasteiger partial charge is 0.398 e. The van der Waals surface area contributed by atoms with Crippen molar-refractivity contribution in [2.24, 2.45) is 5.73 Å². The maximum Gasteiger partial charge on any atom is 0.0353 e. The van der Waals surface area contributed by atoms with E-state index in [2.05, 4.69) is 18.2 Å². The molecule has 2 nitrogen and oxygen atoms in total. The fourth-order valence-corrected chi connectivity index (χ4v) is 1.91. The van der Waals surface area contributed by atoms with Crippen LogP contribution in [0.1, 0.15) is 12.0 Å². The summed E-state index contributed by atoms with van der Waals surface area (Å²) in [6.07, 6.45) is 1.95. The summed E-state index contributed by atoms with van der Waals surface area (Å²) in [4.78, 5) is 0. The minimum Gasteiger partial charge on any atom is -0.398 e. The van der Waals surface area contributed by atoms with Gasteiger partial charge in [0.25, 0.3) is 0 Å². The summed E-state index contributed by atoms with van der Waals surface area (Å²) in [6, 6.07) is 12.4. The number of benzene rings is 2. The number of hydrogen-bond donors (Lipinski definition) is 2. The summed E-state index contributed by atoms with van der Waals surface area (Å²) in [5, 5.41) is 2.50. The first-order chi connectivity index (χ1) is 7.33. The average molecular weight is 200 g/mol. The van der Waals surface area contributed by atoms with E-state index < -0.39 is 0 Å². The van der Waals surface area contributed by atoms with Crippen LogP contribution in [0.4, 0.5) is 5.69 Å². The Morgan fingerprint density at radius 3 is 2.60 bits per heavy atom. The van der Waals surface area contributed by atoms with Gasteiger partial charge in [-0.05, 0) is 41.8 Å². The first kappa shape index (κ1) is 9.99. The van der Waals surface area contributed by atoms with Gasteiger partial charge in [0.1, 0.15) is 0 Å². The highest BCUT2D eigenvalue weighted by Gasteiger charge is 2.03. The van der Waals surface area contributed by atoms with Crippen LogP contribution in [0.5, 0.6) is 0 Å². The lowest BCUT2D eigenvalue weighted by atomic mass is 9.99. The Bertz CT molecular complexity index is 463. The summed E-state index contributed by atoms with van der Waals surface area (Å²) in [5.41, 5.74) is 13.6. The first-order valence-corrected chi connectivity index (χ1v) is 5.29.